The Labute approximate surface area is 131 Å². The van der Waals surface area contributed by atoms with Gasteiger partial charge < -0.3 is 4.74 Å². The molecule has 1 N–H and O–H groups in total. The lowest BCUT2D eigenvalue weighted by Gasteiger charge is -2.18. The molecule has 0 spiro atoms. The number of halogens is 1. The van der Waals surface area contributed by atoms with E-state index in [0.717, 1.165) is 17.9 Å². The number of nitrogens with one attached hydrogen (secondary N) is 1. The van der Waals surface area contributed by atoms with Crippen molar-refractivity contribution in [2.24, 2.45) is 11.8 Å². The van der Waals surface area contributed by atoms with Crippen LogP contribution in [0.5, 0.6) is 0 Å². The molecule has 3 heterocycles. The van der Waals surface area contributed by atoms with Crippen molar-refractivity contribution in [3.05, 3.63) is 34.9 Å². The van der Waals surface area contributed by atoms with Gasteiger partial charge in [0.05, 0.1) is 24.0 Å². The van der Waals surface area contributed by atoms with Crippen molar-refractivity contribution in [2.45, 2.75) is 25.0 Å². The zero-order chi connectivity index (χ0) is 15.4. The fourth-order valence-electron chi connectivity index (χ4n) is 3.59. The third-order valence-electron chi connectivity index (χ3n) is 4.60. The number of amides is 3. The van der Waals surface area contributed by atoms with Gasteiger partial charge in [-0.25, -0.2) is 0 Å². The summed E-state index contributed by atoms with van der Waals surface area (Å²) >= 11 is 5.77. The van der Waals surface area contributed by atoms with Gasteiger partial charge in [-0.15, -0.1) is 0 Å². The number of carbonyl (C=O) groups excluding carboxylic acids is 3. The average molecular weight is 321 g/mol. The molecule has 1 aromatic carbocycles. The summed E-state index contributed by atoms with van der Waals surface area (Å²) in [4.78, 5) is 37.0. The van der Waals surface area contributed by atoms with Gasteiger partial charge in [0.15, 0.2) is 0 Å². The first-order chi connectivity index (χ1) is 10.6. The summed E-state index contributed by atoms with van der Waals surface area (Å²) < 4.78 is 5.64. The fourth-order valence-corrected chi connectivity index (χ4v) is 3.72. The van der Waals surface area contributed by atoms with Crippen molar-refractivity contribution >= 4 is 29.3 Å². The number of fused-ring (bicyclic) bond motifs is 5. The summed E-state index contributed by atoms with van der Waals surface area (Å²) in [6, 6.07) is 6.23. The Kier molecular flexibility index (Phi) is 2.99. The molecule has 114 valence electrons. The Balaban J connectivity index is 1.54. The van der Waals surface area contributed by atoms with Crippen LogP contribution >= 0.6 is 11.6 Å². The molecule has 0 aromatic heterocycles. The minimum atomic E-state index is -0.508. The second-order valence-corrected chi connectivity index (χ2v) is 6.24. The maximum Gasteiger partial charge on any atom is 0.270 e. The van der Waals surface area contributed by atoms with Gasteiger partial charge in [-0.3, -0.25) is 19.8 Å². The summed E-state index contributed by atoms with van der Waals surface area (Å²) in [5, 5.41) is 1.37. The van der Waals surface area contributed by atoms with Crippen LogP contribution in [0.1, 0.15) is 23.2 Å². The number of ether oxygens (including phenoxy) is 1. The maximum atomic E-state index is 12.4. The number of rotatable bonds is 2. The van der Waals surface area contributed by atoms with Crippen LogP contribution in [0, 0.1) is 11.8 Å². The normalized spacial score (nSPS) is 32.5. The van der Waals surface area contributed by atoms with E-state index in [4.69, 9.17) is 16.3 Å². The highest BCUT2D eigenvalue weighted by Crippen LogP contribution is 2.48. The van der Waals surface area contributed by atoms with Gasteiger partial charge in [0.1, 0.15) is 0 Å². The lowest BCUT2D eigenvalue weighted by Crippen LogP contribution is -2.47. The molecule has 22 heavy (non-hydrogen) atoms. The molecule has 6 nitrogen and oxygen atoms in total. The molecule has 3 saturated heterocycles. The highest BCUT2D eigenvalue weighted by atomic mass is 35.5. The minimum absolute atomic E-state index is 0.191. The third-order valence-corrected chi connectivity index (χ3v) is 4.86. The van der Waals surface area contributed by atoms with Gasteiger partial charge in [-0.1, -0.05) is 11.6 Å². The standard InChI is InChI=1S/C15H13ClN2O4/c16-8-3-1-7(2-4-8)13(19)17-18-14(20)11-9-5-6-10(22-9)12(11)15(18)21/h1-4,9-12H,5-6H2,(H,17,19)/t9-,10+,11-,12-/m0/s1. The van der Waals surface area contributed by atoms with Crippen LogP contribution in [0.4, 0.5) is 0 Å². The van der Waals surface area contributed by atoms with Crippen LogP contribution in [-0.4, -0.2) is 34.9 Å². The molecular formula is C15H13ClN2O4. The van der Waals surface area contributed by atoms with E-state index < -0.39 is 17.7 Å². The van der Waals surface area contributed by atoms with E-state index in [0.29, 0.717) is 10.6 Å². The van der Waals surface area contributed by atoms with Crippen LogP contribution in [-0.2, 0) is 14.3 Å². The number of benzene rings is 1. The van der Waals surface area contributed by atoms with Crippen molar-refractivity contribution in [1.29, 1.82) is 0 Å². The molecular weight excluding hydrogens is 308 g/mol. The Morgan fingerprint density at radius 3 is 2.18 bits per heavy atom. The first-order valence-corrected chi connectivity index (χ1v) is 7.54. The minimum Gasteiger partial charge on any atom is -0.373 e. The lowest BCUT2D eigenvalue weighted by atomic mass is 9.81. The lowest BCUT2D eigenvalue weighted by molar-refractivity contribution is -0.145. The van der Waals surface area contributed by atoms with Crippen LogP contribution in [0.15, 0.2) is 24.3 Å². The molecule has 3 amide bonds. The van der Waals surface area contributed by atoms with Crippen molar-refractivity contribution in [3.63, 3.8) is 0 Å². The number of imide groups is 1. The quantitative estimate of drug-likeness (QED) is 0.829. The first kappa shape index (κ1) is 13.7. The van der Waals surface area contributed by atoms with Gasteiger partial charge in [0, 0.05) is 10.6 Å². The van der Waals surface area contributed by atoms with Crippen LogP contribution in [0.25, 0.3) is 0 Å². The van der Waals surface area contributed by atoms with E-state index in [1.165, 1.54) is 12.1 Å². The highest BCUT2D eigenvalue weighted by Gasteiger charge is 2.62. The van der Waals surface area contributed by atoms with Gasteiger partial charge >= 0.3 is 0 Å². The average Bonchev–Trinajstić information content (AvgIpc) is 3.17. The molecule has 0 unspecified atom stereocenters. The van der Waals surface area contributed by atoms with Gasteiger partial charge in [-0.2, -0.15) is 5.01 Å². The van der Waals surface area contributed by atoms with Crippen LogP contribution in [0.2, 0.25) is 5.02 Å². The maximum absolute atomic E-state index is 12.4. The summed E-state index contributed by atoms with van der Waals surface area (Å²) in [5.74, 6) is -2.14. The number of carbonyl (C=O) groups is 3. The van der Waals surface area contributed by atoms with E-state index in [-0.39, 0.29) is 24.0 Å². The molecule has 2 bridgehead atoms. The molecule has 4 rings (SSSR count). The van der Waals surface area contributed by atoms with Gasteiger partial charge in [-0.05, 0) is 37.1 Å². The van der Waals surface area contributed by atoms with Crippen molar-refractivity contribution in [2.75, 3.05) is 0 Å². The summed E-state index contributed by atoms with van der Waals surface area (Å²) in [6.45, 7) is 0. The first-order valence-electron chi connectivity index (χ1n) is 7.16. The summed E-state index contributed by atoms with van der Waals surface area (Å²) in [6.07, 6.45) is 1.21. The Bertz CT molecular complexity index is 647. The van der Waals surface area contributed by atoms with E-state index in [1.54, 1.807) is 12.1 Å². The fraction of sp³-hybridized carbons (Fsp3) is 0.400. The third kappa shape index (κ3) is 1.87. The molecule has 3 aliphatic heterocycles. The second kappa shape index (κ2) is 4.79. The highest BCUT2D eigenvalue weighted by molar-refractivity contribution is 6.30. The number of hydrogen-bond acceptors (Lipinski definition) is 4. The van der Waals surface area contributed by atoms with Gasteiger partial charge in [0.2, 0.25) is 0 Å². The SMILES string of the molecule is O=C(NN1C(=O)[C@@H]2[C@@H](C1=O)[C@H]1CC[C@@H]2O1)c1ccc(Cl)cc1. The number of nitrogens with zero attached hydrogens (tertiary/aromatic N) is 1. The second-order valence-electron chi connectivity index (χ2n) is 5.80. The zero-order valence-corrected chi connectivity index (χ0v) is 12.2. The molecule has 0 radical (unpaired) electrons. The smallest absolute Gasteiger partial charge is 0.270 e. The molecule has 0 saturated carbocycles. The molecule has 1 aromatic rings. The van der Waals surface area contributed by atoms with Crippen LogP contribution < -0.4 is 5.43 Å². The van der Waals surface area contributed by atoms with E-state index >= 15 is 0 Å². The van der Waals surface area contributed by atoms with Crippen molar-refractivity contribution in [1.82, 2.24) is 10.4 Å². The van der Waals surface area contributed by atoms with Gasteiger partial charge in [0.25, 0.3) is 17.7 Å². The number of hydrogen-bond donors (Lipinski definition) is 1. The van der Waals surface area contributed by atoms with E-state index in [2.05, 4.69) is 5.43 Å². The molecule has 4 atom stereocenters. The van der Waals surface area contributed by atoms with E-state index in [9.17, 15) is 14.4 Å². The Hall–Kier alpha value is -1.92. The predicted octanol–water partition coefficient (Wildman–Crippen LogP) is 1.15. The monoisotopic (exact) mass is 320 g/mol. The largest absolute Gasteiger partial charge is 0.373 e. The summed E-state index contributed by atoms with van der Waals surface area (Å²) in [5.41, 5.74) is 2.74. The van der Waals surface area contributed by atoms with Crippen molar-refractivity contribution < 1.29 is 19.1 Å². The molecule has 7 heteroatoms. The van der Waals surface area contributed by atoms with Crippen molar-refractivity contribution in [3.8, 4) is 0 Å². The molecule has 3 aliphatic rings. The van der Waals surface area contributed by atoms with Crippen LogP contribution in [0.3, 0.4) is 0 Å². The summed E-state index contributed by atoms with van der Waals surface area (Å²) in [7, 11) is 0. The Morgan fingerprint density at radius 2 is 1.64 bits per heavy atom. The predicted molar refractivity (Wildman–Crippen MR) is 75.6 cm³/mol. The zero-order valence-electron chi connectivity index (χ0n) is 11.5. The number of hydrazine groups is 1. The topological polar surface area (TPSA) is 75.7 Å². The van der Waals surface area contributed by atoms with E-state index in [1.807, 2.05) is 0 Å². The molecule has 0 aliphatic carbocycles. The molecule has 3 fully saturated rings. The Morgan fingerprint density at radius 1 is 1.09 bits per heavy atom.